The van der Waals surface area contributed by atoms with Crippen molar-refractivity contribution in [3.05, 3.63) is 29.3 Å². The van der Waals surface area contributed by atoms with Crippen LogP contribution < -0.4 is 10.2 Å². The summed E-state index contributed by atoms with van der Waals surface area (Å²) in [4.78, 5) is 14.0. The SMILES string of the molecule is Cc1ccc(S(=O)(=O)N2CC[NH+](CC(=O)N[C@H]3CCCC[C@@H]3C)CC2)c(C)c1. The van der Waals surface area contributed by atoms with Crippen molar-refractivity contribution < 1.29 is 18.1 Å². The van der Waals surface area contributed by atoms with Gasteiger partial charge in [-0.3, -0.25) is 4.79 Å². The van der Waals surface area contributed by atoms with Crippen LogP contribution in [-0.4, -0.2) is 57.4 Å². The molecule has 2 N–H and O–H groups in total. The Morgan fingerprint density at radius 3 is 2.50 bits per heavy atom. The van der Waals surface area contributed by atoms with Gasteiger partial charge in [-0.1, -0.05) is 37.5 Å². The van der Waals surface area contributed by atoms with Gasteiger partial charge in [0.15, 0.2) is 6.54 Å². The first-order valence-corrected chi connectivity index (χ1v) is 11.9. The number of benzene rings is 1. The lowest BCUT2D eigenvalue weighted by molar-refractivity contribution is -0.895. The van der Waals surface area contributed by atoms with E-state index < -0.39 is 10.0 Å². The Bertz CT molecular complexity index is 801. The molecule has 2 fully saturated rings. The summed E-state index contributed by atoms with van der Waals surface area (Å²) >= 11 is 0. The highest BCUT2D eigenvalue weighted by molar-refractivity contribution is 7.89. The van der Waals surface area contributed by atoms with E-state index in [1.165, 1.54) is 19.3 Å². The smallest absolute Gasteiger partial charge is 0.275 e. The number of quaternary nitrogens is 1. The number of sulfonamides is 1. The lowest BCUT2D eigenvalue weighted by Gasteiger charge is -2.33. The minimum Gasteiger partial charge on any atom is -0.348 e. The number of nitrogens with one attached hydrogen (secondary N) is 2. The normalized spacial score (nSPS) is 24.8. The van der Waals surface area contributed by atoms with E-state index in [2.05, 4.69) is 12.2 Å². The van der Waals surface area contributed by atoms with Gasteiger partial charge in [-0.15, -0.1) is 0 Å². The molecule has 1 saturated carbocycles. The van der Waals surface area contributed by atoms with E-state index in [1.54, 1.807) is 10.4 Å². The average molecular weight is 409 g/mol. The van der Waals surface area contributed by atoms with Gasteiger partial charge in [0.05, 0.1) is 31.1 Å². The van der Waals surface area contributed by atoms with Crippen LogP contribution in [0.15, 0.2) is 23.1 Å². The molecular weight excluding hydrogens is 374 g/mol. The molecule has 1 saturated heterocycles. The fourth-order valence-corrected chi connectivity index (χ4v) is 6.11. The van der Waals surface area contributed by atoms with Crippen LogP contribution in [0.3, 0.4) is 0 Å². The van der Waals surface area contributed by atoms with Gasteiger partial charge in [-0.05, 0) is 44.2 Å². The molecule has 0 radical (unpaired) electrons. The number of hydrogen-bond acceptors (Lipinski definition) is 3. The Hall–Kier alpha value is -1.44. The van der Waals surface area contributed by atoms with Crippen molar-refractivity contribution >= 4 is 15.9 Å². The van der Waals surface area contributed by atoms with Crippen molar-refractivity contribution in [2.75, 3.05) is 32.7 Å². The molecule has 2 aliphatic rings. The van der Waals surface area contributed by atoms with E-state index >= 15 is 0 Å². The molecule has 1 heterocycles. The number of aryl methyl sites for hydroxylation is 2. The summed E-state index contributed by atoms with van der Waals surface area (Å²) in [7, 11) is -3.47. The van der Waals surface area contributed by atoms with Gasteiger partial charge >= 0.3 is 0 Å². The highest BCUT2D eigenvalue weighted by atomic mass is 32.2. The van der Waals surface area contributed by atoms with Gasteiger partial charge in [-0.25, -0.2) is 8.42 Å². The highest BCUT2D eigenvalue weighted by Gasteiger charge is 2.32. The standard InChI is InChI=1S/C21H33N3O3S/c1-16-8-9-20(18(3)14-16)28(26,27)24-12-10-23(11-13-24)15-21(25)22-19-7-5-4-6-17(19)2/h8-9,14,17,19H,4-7,10-13,15H2,1-3H3,(H,22,25)/p+1/t17-,19-/m0/s1. The third kappa shape index (κ3) is 4.93. The summed E-state index contributed by atoms with van der Waals surface area (Å²) in [6.45, 7) is 8.70. The van der Waals surface area contributed by atoms with E-state index in [0.29, 0.717) is 49.6 Å². The molecule has 0 spiro atoms. The zero-order chi connectivity index (χ0) is 20.3. The summed E-state index contributed by atoms with van der Waals surface area (Å²) in [5, 5.41) is 3.20. The summed E-state index contributed by atoms with van der Waals surface area (Å²) in [6, 6.07) is 5.76. The fraction of sp³-hybridized carbons (Fsp3) is 0.667. The summed E-state index contributed by atoms with van der Waals surface area (Å²) in [5.41, 5.74) is 1.85. The minimum atomic E-state index is -3.47. The van der Waals surface area contributed by atoms with Crippen molar-refractivity contribution in [1.29, 1.82) is 0 Å². The number of piperazine rings is 1. The molecule has 7 heteroatoms. The van der Waals surface area contributed by atoms with Gasteiger partial charge in [0.25, 0.3) is 5.91 Å². The molecule has 0 bridgehead atoms. The van der Waals surface area contributed by atoms with Crippen LogP contribution in [0.4, 0.5) is 0 Å². The van der Waals surface area contributed by atoms with Crippen molar-refractivity contribution in [2.24, 2.45) is 5.92 Å². The molecule has 0 unspecified atom stereocenters. The predicted octanol–water partition coefficient (Wildman–Crippen LogP) is 0.888. The van der Waals surface area contributed by atoms with Crippen LogP contribution in [0.2, 0.25) is 0 Å². The zero-order valence-electron chi connectivity index (χ0n) is 17.3. The van der Waals surface area contributed by atoms with Crippen molar-refractivity contribution in [2.45, 2.75) is 57.4 Å². The quantitative estimate of drug-likeness (QED) is 0.760. The largest absolute Gasteiger partial charge is 0.348 e. The molecular formula is C21H34N3O3S+. The van der Waals surface area contributed by atoms with Gasteiger partial charge in [0.1, 0.15) is 0 Å². The van der Waals surface area contributed by atoms with Crippen LogP contribution in [0.25, 0.3) is 0 Å². The van der Waals surface area contributed by atoms with Crippen LogP contribution in [0.5, 0.6) is 0 Å². The molecule has 3 rings (SSSR count). The minimum absolute atomic E-state index is 0.0967. The van der Waals surface area contributed by atoms with Gasteiger partial charge in [0, 0.05) is 6.04 Å². The first-order valence-electron chi connectivity index (χ1n) is 10.5. The summed E-state index contributed by atoms with van der Waals surface area (Å²) in [5.74, 6) is 0.645. The Morgan fingerprint density at radius 1 is 1.18 bits per heavy atom. The second-order valence-corrected chi connectivity index (χ2v) is 10.4. The number of carbonyl (C=O) groups is 1. The number of nitrogens with zero attached hydrogens (tertiary/aromatic N) is 1. The molecule has 156 valence electrons. The molecule has 1 amide bonds. The van der Waals surface area contributed by atoms with E-state index in [4.69, 9.17) is 0 Å². The van der Waals surface area contributed by atoms with Crippen LogP contribution in [0.1, 0.15) is 43.7 Å². The average Bonchev–Trinajstić information content (AvgIpc) is 2.64. The third-order valence-corrected chi connectivity index (χ3v) is 8.31. The maximum atomic E-state index is 13.0. The monoisotopic (exact) mass is 408 g/mol. The molecule has 1 aliphatic carbocycles. The van der Waals surface area contributed by atoms with Crippen molar-refractivity contribution in [1.82, 2.24) is 9.62 Å². The number of amides is 1. The Kier molecular flexibility index (Phi) is 6.78. The Balaban J connectivity index is 1.53. The maximum absolute atomic E-state index is 13.0. The molecule has 1 aromatic rings. The zero-order valence-corrected chi connectivity index (χ0v) is 18.1. The van der Waals surface area contributed by atoms with Gasteiger partial charge < -0.3 is 10.2 Å². The third-order valence-electron chi connectivity index (χ3n) is 6.25. The number of hydrogen-bond donors (Lipinski definition) is 2. The van der Waals surface area contributed by atoms with E-state index in [9.17, 15) is 13.2 Å². The Labute approximate surface area is 169 Å². The number of rotatable bonds is 5. The molecule has 1 aliphatic heterocycles. The lowest BCUT2D eigenvalue weighted by Crippen LogP contribution is -3.15. The fourth-order valence-electron chi connectivity index (χ4n) is 4.46. The van der Waals surface area contributed by atoms with E-state index in [0.717, 1.165) is 22.4 Å². The van der Waals surface area contributed by atoms with Gasteiger partial charge in [-0.2, -0.15) is 4.31 Å². The second kappa shape index (κ2) is 8.93. The molecule has 6 nitrogen and oxygen atoms in total. The lowest BCUT2D eigenvalue weighted by atomic mass is 9.86. The first-order chi connectivity index (χ1) is 13.3. The van der Waals surface area contributed by atoms with Crippen LogP contribution in [0, 0.1) is 19.8 Å². The van der Waals surface area contributed by atoms with Crippen LogP contribution >= 0.6 is 0 Å². The predicted molar refractivity (Wildman–Crippen MR) is 110 cm³/mol. The van der Waals surface area contributed by atoms with Gasteiger partial charge in [0.2, 0.25) is 10.0 Å². The second-order valence-electron chi connectivity index (χ2n) is 8.54. The molecule has 2 atom stereocenters. The molecule has 28 heavy (non-hydrogen) atoms. The highest BCUT2D eigenvalue weighted by Crippen LogP contribution is 2.23. The molecule has 1 aromatic carbocycles. The summed E-state index contributed by atoms with van der Waals surface area (Å²) < 4.78 is 27.5. The maximum Gasteiger partial charge on any atom is 0.275 e. The van der Waals surface area contributed by atoms with E-state index in [1.807, 2.05) is 26.0 Å². The van der Waals surface area contributed by atoms with E-state index in [-0.39, 0.29) is 5.91 Å². The number of carbonyl (C=O) groups excluding carboxylic acids is 1. The van der Waals surface area contributed by atoms with Crippen molar-refractivity contribution in [3.8, 4) is 0 Å². The van der Waals surface area contributed by atoms with Crippen molar-refractivity contribution in [3.63, 3.8) is 0 Å². The molecule has 0 aromatic heterocycles. The topological polar surface area (TPSA) is 70.9 Å². The first kappa shape index (κ1) is 21.3. The summed E-state index contributed by atoms with van der Waals surface area (Å²) in [6.07, 6.45) is 4.71. The van der Waals surface area contributed by atoms with Crippen LogP contribution in [-0.2, 0) is 14.8 Å². The Morgan fingerprint density at radius 2 is 1.86 bits per heavy atom.